The molecule has 0 saturated carbocycles. The van der Waals surface area contributed by atoms with Crippen molar-refractivity contribution in [3.63, 3.8) is 0 Å². The maximum Gasteiger partial charge on any atom is 0.0660 e. The second kappa shape index (κ2) is 2.75. The van der Waals surface area contributed by atoms with Gasteiger partial charge < -0.3 is 4.74 Å². The van der Waals surface area contributed by atoms with Gasteiger partial charge in [0.1, 0.15) is 0 Å². The fourth-order valence-corrected chi connectivity index (χ4v) is 1.49. The zero-order chi connectivity index (χ0) is 7.61. The molecule has 1 rings (SSSR count). The molecule has 1 aliphatic rings. The van der Waals surface area contributed by atoms with E-state index in [0.29, 0.717) is 11.5 Å². The highest BCUT2D eigenvalue weighted by Gasteiger charge is 2.41. The molecule has 1 nitrogen and oxygen atoms in total. The number of allylic oxidation sites excluding steroid dienone is 1. The second-order valence-electron chi connectivity index (χ2n) is 3.04. The summed E-state index contributed by atoms with van der Waals surface area (Å²) in [5.41, 5.74) is 0.370. The highest BCUT2D eigenvalue weighted by molar-refractivity contribution is 5.06. The normalized spacial score (nSPS) is 40.1. The van der Waals surface area contributed by atoms with Gasteiger partial charge in [-0.1, -0.05) is 19.1 Å². The summed E-state index contributed by atoms with van der Waals surface area (Å²) >= 11 is 0. The molecule has 10 heavy (non-hydrogen) atoms. The Kier molecular flexibility index (Phi) is 2.14. The van der Waals surface area contributed by atoms with E-state index in [1.165, 1.54) is 6.42 Å². The van der Waals surface area contributed by atoms with Gasteiger partial charge in [-0.05, 0) is 20.3 Å². The molecule has 0 bridgehead atoms. The molecule has 0 aromatic heterocycles. The third-order valence-corrected chi connectivity index (χ3v) is 2.57. The van der Waals surface area contributed by atoms with Crippen LogP contribution in [0.2, 0.25) is 0 Å². The summed E-state index contributed by atoms with van der Waals surface area (Å²) in [5.74, 6) is 0. The molecule has 0 aromatic rings. The fourth-order valence-electron chi connectivity index (χ4n) is 1.49. The third-order valence-electron chi connectivity index (χ3n) is 2.57. The summed E-state index contributed by atoms with van der Waals surface area (Å²) in [5, 5.41) is 0. The quantitative estimate of drug-likeness (QED) is 0.535. The van der Waals surface area contributed by atoms with Crippen molar-refractivity contribution in [1.29, 1.82) is 0 Å². The fraction of sp³-hybridized carbons (Fsp3) is 0.778. The maximum absolute atomic E-state index is 5.34. The Labute approximate surface area is 63.1 Å². The SMILES string of the molecule is CC=CC1(CC)COC1C. The monoisotopic (exact) mass is 140 g/mol. The van der Waals surface area contributed by atoms with E-state index in [0.717, 1.165) is 6.61 Å². The van der Waals surface area contributed by atoms with Crippen molar-refractivity contribution in [2.24, 2.45) is 5.41 Å². The van der Waals surface area contributed by atoms with Gasteiger partial charge >= 0.3 is 0 Å². The van der Waals surface area contributed by atoms with Gasteiger partial charge in [0.05, 0.1) is 12.7 Å². The van der Waals surface area contributed by atoms with Crippen LogP contribution < -0.4 is 0 Å². The van der Waals surface area contributed by atoms with Crippen LogP contribution in [0.5, 0.6) is 0 Å². The predicted molar refractivity (Wildman–Crippen MR) is 43.0 cm³/mol. The maximum atomic E-state index is 5.34. The lowest BCUT2D eigenvalue weighted by molar-refractivity contribution is -0.151. The van der Waals surface area contributed by atoms with E-state index in [-0.39, 0.29) is 0 Å². The molecule has 0 N–H and O–H groups in total. The first-order valence-corrected chi connectivity index (χ1v) is 4.00. The van der Waals surface area contributed by atoms with Crippen LogP contribution in [-0.4, -0.2) is 12.7 Å². The van der Waals surface area contributed by atoms with Crippen molar-refractivity contribution in [1.82, 2.24) is 0 Å². The Morgan fingerprint density at radius 2 is 2.40 bits per heavy atom. The van der Waals surface area contributed by atoms with Gasteiger partial charge in [0.15, 0.2) is 0 Å². The molecule has 0 aromatic carbocycles. The lowest BCUT2D eigenvalue weighted by atomic mass is 9.76. The van der Waals surface area contributed by atoms with Gasteiger partial charge in [0, 0.05) is 5.41 Å². The number of ether oxygens (including phenoxy) is 1. The lowest BCUT2D eigenvalue weighted by Crippen LogP contribution is -2.48. The smallest absolute Gasteiger partial charge is 0.0660 e. The van der Waals surface area contributed by atoms with Crippen molar-refractivity contribution < 1.29 is 4.74 Å². The van der Waals surface area contributed by atoms with Gasteiger partial charge in [-0.2, -0.15) is 0 Å². The molecule has 0 amide bonds. The Balaban J connectivity index is 2.60. The van der Waals surface area contributed by atoms with Crippen molar-refractivity contribution in [3.8, 4) is 0 Å². The van der Waals surface area contributed by atoms with Gasteiger partial charge in [0.2, 0.25) is 0 Å². The summed E-state index contributed by atoms with van der Waals surface area (Å²) in [7, 11) is 0. The Bertz CT molecular complexity index is 136. The molecule has 0 spiro atoms. The molecule has 1 saturated heterocycles. The van der Waals surface area contributed by atoms with E-state index in [4.69, 9.17) is 4.74 Å². The highest BCUT2D eigenvalue weighted by Crippen LogP contribution is 2.39. The Morgan fingerprint density at radius 1 is 1.70 bits per heavy atom. The van der Waals surface area contributed by atoms with Gasteiger partial charge in [-0.15, -0.1) is 0 Å². The summed E-state index contributed by atoms with van der Waals surface area (Å²) in [6.45, 7) is 7.35. The Morgan fingerprint density at radius 3 is 2.50 bits per heavy atom. The van der Waals surface area contributed by atoms with E-state index < -0.39 is 0 Å². The summed E-state index contributed by atoms with van der Waals surface area (Å²) in [6.07, 6.45) is 6.02. The molecule has 1 heterocycles. The van der Waals surface area contributed by atoms with Crippen LogP contribution in [0, 0.1) is 5.41 Å². The number of hydrogen-bond acceptors (Lipinski definition) is 1. The summed E-state index contributed by atoms with van der Waals surface area (Å²) in [4.78, 5) is 0. The average Bonchev–Trinajstić information content (AvgIpc) is 1.97. The topological polar surface area (TPSA) is 9.23 Å². The molecule has 2 atom stereocenters. The minimum atomic E-state index is 0.370. The largest absolute Gasteiger partial charge is 0.377 e. The van der Waals surface area contributed by atoms with Gasteiger partial charge in [0.25, 0.3) is 0 Å². The van der Waals surface area contributed by atoms with E-state index >= 15 is 0 Å². The first-order chi connectivity index (χ1) is 4.75. The van der Waals surface area contributed by atoms with Crippen LogP contribution in [0.15, 0.2) is 12.2 Å². The zero-order valence-electron chi connectivity index (χ0n) is 7.05. The predicted octanol–water partition coefficient (Wildman–Crippen LogP) is 2.38. The van der Waals surface area contributed by atoms with Gasteiger partial charge in [-0.25, -0.2) is 0 Å². The van der Waals surface area contributed by atoms with Crippen LogP contribution in [-0.2, 0) is 4.74 Å². The van der Waals surface area contributed by atoms with Crippen molar-refractivity contribution in [3.05, 3.63) is 12.2 Å². The van der Waals surface area contributed by atoms with E-state index in [2.05, 4.69) is 32.9 Å². The standard InChI is InChI=1S/C9H16O/c1-4-6-9(5-2)7-10-8(9)3/h4,6,8H,5,7H2,1-3H3. The third kappa shape index (κ3) is 0.988. The first kappa shape index (κ1) is 7.80. The lowest BCUT2D eigenvalue weighted by Gasteiger charge is -2.45. The van der Waals surface area contributed by atoms with Crippen molar-refractivity contribution >= 4 is 0 Å². The molecule has 58 valence electrons. The first-order valence-electron chi connectivity index (χ1n) is 4.00. The second-order valence-corrected chi connectivity index (χ2v) is 3.04. The molecule has 0 radical (unpaired) electrons. The zero-order valence-corrected chi connectivity index (χ0v) is 7.05. The van der Waals surface area contributed by atoms with Crippen LogP contribution in [0.4, 0.5) is 0 Å². The molecular weight excluding hydrogens is 124 g/mol. The molecule has 1 heteroatoms. The van der Waals surface area contributed by atoms with E-state index in [1.807, 2.05) is 0 Å². The minimum absolute atomic E-state index is 0.370. The average molecular weight is 140 g/mol. The summed E-state index contributed by atoms with van der Waals surface area (Å²) in [6, 6.07) is 0. The Hall–Kier alpha value is -0.300. The summed E-state index contributed by atoms with van der Waals surface area (Å²) < 4.78 is 5.34. The molecule has 1 aliphatic heterocycles. The molecule has 2 unspecified atom stereocenters. The van der Waals surface area contributed by atoms with Crippen molar-refractivity contribution in [2.75, 3.05) is 6.61 Å². The van der Waals surface area contributed by atoms with Crippen LogP contribution in [0.1, 0.15) is 27.2 Å². The number of rotatable bonds is 2. The number of hydrogen-bond donors (Lipinski definition) is 0. The van der Waals surface area contributed by atoms with Crippen molar-refractivity contribution in [2.45, 2.75) is 33.3 Å². The molecule has 0 aliphatic carbocycles. The van der Waals surface area contributed by atoms with Gasteiger partial charge in [-0.3, -0.25) is 0 Å². The van der Waals surface area contributed by atoms with E-state index in [9.17, 15) is 0 Å². The molecule has 1 fully saturated rings. The minimum Gasteiger partial charge on any atom is -0.377 e. The van der Waals surface area contributed by atoms with E-state index in [1.54, 1.807) is 0 Å². The van der Waals surface area contributed by atoms with Crippen LogP contribution in [0.25, 0.3) is 0 Å². The molecular formula is C9H16O. The highest BCUT2D eigenvalue weighted by atomic mass is 16.5. The van der Waals surface area contributed by atoms with Crippen LogP contribution >= 0.6 is 0 Å². The van der Waals surface area contributed by atoms with Crippen LogP contribution in [0.3, 0.4) is 0 Å².